The Morgan fingerprint density at radius 3 is 2.68 bits per heavy atom. The third kappa shape index (κ3) is 3.05. The predicted octanol–water partition coefficient (Wildman–Crippen LogP) is 3.30. The summed E-state index contributed by atoms with van der Waals surface area (Å²) in [5, 5.41) is 16.4. The molecule has 0 unspecified atom stereocenters. The molecule has 0 saturated carbocycles. The summed E-state index contributed by atoms with van der Waals surface area (Å²) in [6.45, 7) is 1.83. The van der Waals surface area contributed by atoms with Crippen LogP contribution in [0, 0.1) is 12.7 Å². The zero-order valence-electron chi connectivity index (χ0n) is 13.6. The number of nitrogens with one attached hydrogen (secondary N) is 1. The highest BCUT2D eigenvalue weighted by Gasteiger charge is 2.26. The maximum Gasteiger partial charge on any atom is 0.278 e. The van der Waals surface area contributed by atoms with Gasteiger partial charge in [0.15, 0.2) is 5.69 Å². The molecule has 25 heavy (non-hydrogen) atoms. The van der Waals surface area contributed by atoms with Crippen LogP contribution >= 0.6 is 11.3 Å². The topological polar surface area (TPSA) is 72.7 Å². The van der Waals surface area contributed by atoms with Gasteiger partial charge < -0.3 is 0 Å². The number of benzene rings is 1. The highest BCUT2D eigenvalue weighted by Crippen LogP contribution is 2.28. The molecule has 1 aliphatic rings. The minimum absolute atomic E-state index is 0.282. The highest BCUT2D eigenvalue weighted by atomic mass is 32.1. The van der Waals surface area contributed by atoms with Crippen molar-refractivity contribution < 1.29 is 9.18 Å². The van der Waals surface area contributed by atoms with Gasteiger partial charge in [0.2, 0.25) is 5.13 Å². The minimum Gasteiger partial charge on any atom is -0.295 e. The number of carbonyl (C=O) groups is 1. The Morgan fingerprint density at radius 1 is 1.20 bits per heavy atom. The minimum atomic E-state index is -0.297. The molecule has 0 spiro atoms. The lowest BCUT2D eigenvalue weighted by atomic mass is 9.95. The molecule has 6 nitrogen and oxygen atoms in total. The number of aromatic nitrogens is 4. The van der Waals surface area contributed by atoms with E-state index in [1.54, 1.807) is 16.8 Å². The third-order valence-electron chi connectivity index (χ3n) is 4.21. The number of anilines is 1. The summed E-state index contributed by atoms with van der Waals surface area (Å²) in [5.74, 6) is -0.579. The molecule has 1 aliphatic carbocycles. The number of rotatable bonds is 3. The van der Waals surface area contributed by atoms with Crippen LogP contribution in [0.25, 0.3) is 5.69 Å². The van der Waals surface area contributed by atoms with E-state index in [4.69, 9.17) is 0 Å². The second-order valence-corrected chi connectivity index (χ2v) is 7.13. The van der Waals surface area contributed by atoms with Crippen LogP contribution in [0.1, 0.15) is 39.6 Å². The van der Waals surface area contributed by atoms with Crippen LogP contribution in [0.3, 0.4) is 0 Å². The van der Waals surface area contributed by atoms with E-state index in [0.717, 1.165) is 47.6 Å². The largest absolute Gasteiger partial charge is 0.295 e. The maximum atomic E-state index is 13.2. The van der Waals surface area contributed by atoms with Gasteiger partial charge in [-0.05, 0) is 56.9 Å². The molecule has 3 aromatic rings. The molecule has 2 heterocycles. The van der Waals surface area contributed by atoms with E-state index in [1.165, 1.54) is 23.5 Å². The van der Waals surface area contributed by atoms with Crippen molar-refractivity contribution in [1.82, 2.24) is 20.0 Å². The predicted molar refractivity (Wildman–Crippen MR) is 92.8 cm³/mol. The monoisotopic (exact) mass is 357 g/mol. The van der Waals surface area contributed by atoms with Gasteiger partial charge in [-0.15, -0.1) is 10.2 Å². The first kappa shape index (κ1) is 15.9. The van der Waals surface area contributed by atoms with Crippen molar-refractivity contribution >= 4 is 22.4 Å². The van der Waals surface area contributed by atoms with Gasteiger partial charge in [-0.1, -0.05) is 11.3 Å². The molecular weight excluding hydrogens is 341 g/mol. The molecule has 0 bridgehead atoms. The zero-order chi connectivity index (χ0) is 17.4. The number of nitrogens with zero attached hydrogens (tertiary/aromatic N) is 4. The van der Waals surface area contributed by atoms with E-state index >= 15 is 0 Å². The van der Waals surface area contributed by atoms with Gasteiger partial charge in [0.25, 0.3) is 5.91 Å². The van der Waals surface area contributed by atoms with Gasteiger partial charge in [-0.2, -0.15) is 5.10 Å². The summed E-state index contributed by atoms with van der Waals surface area (Å²) in [4.78, 5) is 12.7. The van der Waals surface area contributed by atoms with Gasteiger partial charge in [-0.3, -0.25) is 10.1 Å². The van der Waals surface area contributed by atoms with Crippen LogP contribution in [0.4, 0.5) is 9.52 Å². The Morgan fingerprint density at radius 2 is 1.96 bits per heavy atom. The fraction of sp³-hybridized carbons (Fsp3) is 0.294. The molecule has 0 fully saturated rings. The van der Waals surface area contributed by atoms with E-state index in [2.05, 4.69) is 20.6 Å². The number of halogens is 1. The smallest absolute Gasteiger partial charge is 0.278 e. The molecule has 0 atom stereocenters. The summed E-state index contributed by atoms with van der Waals surface area (Å²) < 4.78 is 15.0. The lowest BCUT2D eigenvalue weighted by Gasteiger charge is -2.14. The van der Waals surface area contributed by atoms with Gasteiger partial charge in [0, 0.05) is 11.3 Å². The molecule has 4 rings (SSSR count). The number of fused-ring (bicyclic) bond motifs is 1. The van der Waals surface area contributed by atoms with E-state index in [0.29, 0.717) is 10.8 Å². The summed E-state index contributed by atoms with van der Waals surface area (Å²) >= 11 is 1.32. The van der Waals surface area contributed by atoms with Crippen molar-refractivity contribution in [3.63, 3.8) is 0 Å². The van der Waals surface area contributed by atoms with Crippen molar-refractivity contribution in [2.75, 3.05) is 5.32 Å². The van der Waals surface area contributed by atoms with Crippen molar-refractivity contribution in [3.05, 3.63) is 52.0 Å². The quantitative estimate of drug-likeness (QED) is 0.781. The molecule has 1 amide bonds. The van der Waals surface area contributed by atoms with Crippen LogP contribution < -0.4 is 5.32 Å². The summed E-state index contributed by atoms with van der Waals surface area (Å²) in [6.07, 6.45) is 3.75. The van der Waals surface area contributed by atoms with Crippen LogP contribution in [0.5, 0.6) is 0 Å². The Balaban J connectivity index is 1.72. The lowest BCUT2D eigenvalue weighted by Crippen LogP contribution is -2.15. The summed E-state index contributed by atoms with van der Waals surface area (Å²) in [7, 11) is 0. The first-order chi connectivity index (χ1) is 12.1. The number of hydrogen-bond acceptors (Lipinski definition) is 5. The van der Waals surface area contributed by atoms with E-state index in [1.807, 2.05) is 6.92 Å². The van der Waals surface area contributed by atoms with Crippen LogP contribution in [0.15, 0.2) is 24.3 Å². The molecule has 8 heteroatoms. The number of amides is 1. The first-order valence-corrected chi connectivity index (χ1v) is 8.91. The molecule has 1 aromatic carbocycles. The SMILES string of the molecule is Cc1nnc(NC(=O)c2nn(-c3ccc(F)cc3)c3c2CCCC3)s1. The van der Waals surface area contributed by atoms with Crippen molar-refractivity contribution in [2.24, 2.45) is 0 Å². The van der Waals surface area contributed by atoms with Gasteiger partial charge in [0.05, 0.1) is 5.69 Å². The second-order valence-electron chi connectivity index (χ2n) is 5.95. The molecule has 0 radical (unpaired) electrons. The first-order valence-electron chi connectivity index (χ1n) is 8.10. The van der Waals surface area contributed by atoms with Crippen molar-refractivity contribution in [1.29, 1.82) is 0 Å². The normalized spacial score (nSPS) is 13.5. The fourth-order valence-corrected chi connectivity index (χ4v) is 3.67. The van der Waals surface area contributed by atoms with Crippen LogP contribution in [-0.2, 0) is 12.8 Å². The lowest BCUT2D eigenvalue weighted by molar-refractivity contribution is 0.102. The Kier molecular flexibility index (Phi) is 4.04. The van der Waals surface area contributed by atoms with Gasteiger partial charge >= 0.3 is 0 Å². The number of hydrogen-bond donors (Lipinski definition) is 1. The van der Waals surface area contributed by atoms with E-state index < -0.39 is 0 Å². The summed E-state index contributed by atoms with van der Waals surface area (Å²) in [6, 6.07) is 6.14. The molecule has 0 saturated heterocycles. The van der Waals surface area contributed by atoms with Crippen LogP contribution in [-0.4, -0.2) is 25.9 Å². The highest BCUT2D eigenvalue weighted by molar-refractivity contribution is 7.15. The molecule has 2 aromatic heterocycles. The Hall–Kier alpha value is -2.61. The zero-order valence-corrected chi connectivity index (χ0v) is 14.4. The second kappa shape index (κ2) is 6.36. The Labute approximate surface area is 147 Å². The molecule has 0 aliphatic heterocycles. The molecular formula is C17H16FN5OS. The van der Waals surface area contributed by atoms with Crippen molar-refractivity contribution in [3.8, 4) is 5.69 Å². The van der Waals surface area contributed by atoms with Crippen LogP contribution in [0.2, 0.25) is 0 Å². The third-order valence-corrected chi connectivity index (χ3v) is 4.97. The van der Waals surface area contributed by atoms with E-state index in [-0.39, 0.29) is 11.7 Å². The standard InChI is InChI=1S/C17H16FN5OS/c1-10-20-21-17(25-10)19-16(24)15-13-4-2-3-5-14(13)23(22-15)12-8-6-11(18)7-9-12/h6-9H,2-5H2,1H3,(H,19,21,24). The van der Waals surface area contributed by atoms with Gasteiger partial charge in [-0.25, -0.2) is 9.07 Å². The summed E-state index contributed by atoms with van der Waals surface area (Å²) in [5.41, 5.74) is 3.16. The maximum absolute atomic E-state index is 13.2. The number of carbonyl (C=O) groups excluding carboxylic acids is 1. The molecule has 1 N–H and O–H groups in total. The van der Waals surface area contributed by atoms with Gasteiger partial charge in [0.1, 0.15) is 10.8 Å². The Bertz CT molecular complexity index is 931. The molecule has 128 valence electrons. The average molecular weight is 357 g/mol. The number of aryl methyl sites for hydroxylation is 1. The van der Waals surface area contributed by atoms with Crippen molar-refractivity contribution in [2.45, 2.75) is 32.6 Å². The fourth-order valence-electron chi connectivity index (χ4n) is 3.08. The average Bonchev–Trinajstić information content (AvgIpc) is 3.19. The van der Waals surface area contributed by atoms with E-state index in [9.17, 15) is 9.18 Å².